The number of carbonyl (C=O) groups is 1. The van der Waals surface area contributed by atoms with Gasteiger partial charge in [0.2, 0.25) is 5.91 Å². The average molecular weight is 318 g/mol. The van der Waals surface area contributed by atoms with Gasteiger partial charge >= 0.3 is 0 Å². The number of rotatable bonds is 7. The summed E-state index contributed by atoms with van der Waals surface area (Å²) >= 11 is 0. The summed E-state index contributed by atoms with van der Waals surface area (Å²) in [6.07, 6.45) is 2.97. The molecule has 1 saturated heterocycles. The number of hydrogen-bond donors (Lipinski definition) is 2. The van der Waals surface area contributed by atoms with E-state index in [9.17, 15) is 4.79 Å². The number of benzene rings is 1. The predicted octanol–water partition coefficient (Wildman–Crippen LogP) is 2.90. The molecule has 2 N–H and O–H groups in total. The first kappa shape index (κ1) is 17.8. The second-order valence-electron chi connectivity index (χ2n) is 6.86. The van der Waals surface area contributed by atoms with Crippen LogP contribution in [0.1, 0.15) is 38.7 Å². The summed E-state index contributed by atoms with van der Waals surface area (Å²) in [5.41, 5.74) is 1.18. The van der Waals surface area contributed by atoms with E-state index in [1.54, 1.807) is 0 Å². The van der Waals surface area contributed by atoms with E-state index in [2.05, 4.69) is 17.6 Å². The average Bonchev–Trinajstić information content (AvgIpc) is 2.53. The summed E-state index contributed by atoms with van der Waals surface area (Å²) in [7, 11) is 0. The van der Waals surface area contributed by atoms with E-state index >= 15 is 0 Å². The Hall–Kier alpha value is -1.55. The minimum atomic E-state index is 0.0169. The number of nitrogens with one attached hydrogen (secondary N) is 2. The van der Waals surface area contributed by atoms with Gasteiger partial charge in [0.1, 0.15) is 12.4 Å². The van der Waals surface area contributed by atoms with Crippen molar-refractivity contribution in [2.24, 2.45) is 11.8 Å². The fourth-order valence-electron chi connectivity index (χ4n) is 3.17. The first-order valence-corrected chi connectivity index (χ1v) is 8.74. The van der Waals surface area contributed by atoms with E-state index < -0.39 is 0 Å². The van der Waals surface area contributed by atoms with Crippen LogP contribution in [-0.2, 0) is 4.79 Å². The maximum absolute atomic E-state index is 12.2. The van der Waals surface area contributed by atoms with Crippen LogP contribution in [0.15, 0.2) is 24.3 Å². The van der Waals surface area contributed by atoms with E-state index in [4.69, 9.17) is 4.74 Å². The Kier molecular flexibility index (Phi) is 6.90. The molecule has 0 saturated carbocycles. The van der Waals surface area contributed by atoms with Gasteiger partial charge in [-0.3, -0.25) is 4.79 Å². The van der Waals surface area contributed by atoms with Crippen LogP contribution >= 0.6 is 0 Å². The molecule has 0 radical (unpaired) electrons. The standard InChI is InChI=1S/C19H30N2O2/c1-14-5-4-6-18(11-14)23-13-16(3)21-19(22)12-15(2)17-7-9-20-10-8-17/h4-6,11,15-17,20H,7-10,12-13H2,1-3H3,(H,21,22). The molecular formula is C19H30N2O2. The second kappa shape index (κ2) is 8.92. The van der Waals surface area contributed by atoms with Crippen LogP contribution in [0.3, 0.4) is 0 Å². The highest BCUT2D eigenvalue weighted by Gasteiger charge is 2.22. The van der Waals surface area contributed by atoms with Crippen molar-refractivity contribution < 1.29 is 9.53 Å². The summed E-state index contributed by atoms with van der Waals surface area (Å²) in [6.45, 7) is 8.89. The van der Waals surface area contributed by atoms with E-state index in [1.807, 2.05) is 38.1 Å². The van der Waals surface area contributed by atoms with Gasteiger partial charge in [0.25, 0.3) is 0 Å². The number of carbonyl (C=O) groups excluding carboxylic acids is 1. The van der Waals surface area contributed by atoms with E-state index in [0.717, 1.165) is 18.8 Å². The van der Waals surface area contributed by atoms with E-state index in [-0.39, 0.29) is 11.9 Å². The summed E-state index contributed by atoms with van der Waals surface area (Å²) in [6, 6.07) is 7.99. The zero-order valence-electron chi connectivity index (χ0n) is 14.6. The molecule has 1 aromatic rings. The van der Waals surface area contributed by atoms with Crippen molar-refractivity contribution in [3.8, 4) is 5.75 Å². The molecule has 1 heterocycles. The van der Waals surface area contributed by atoms with Crippen LogP contribution in [-0.4, -0.2) is 31.6 Å². The molecule has 0 spiro atoms. The van der Waals surface area contributed by atoms with Gasteiger partial charge in [-0.2, -0.15) is 0 Å². The van der Waals surface area contributed by atoms with E-state index in [1.165, 1.54) is 18.4 Å². The van der Waals surface area contributed by atoms with Gasteiger partial charge in [-0.25, -0.2) is 0 Å². The van der Waals surface area contributed by atoms with Crippen molar-refractivity contribution in [1.29, 1.82) is 0 Å². The predicted molar refractivity (Wildman–Crippen MR) is 93.7 cm³/mol. The molecule has 0 aromatic heterocycles. The molecule has 1 fully saturated rings. The molecule has 1 aliphatic rings. The lowest BCUT2D eigenvalue weighted by Gasteiger charge is -2.28. The van der Waals surface area contributed by atoms with Crippen molar-refractivity contribution in [2.75, 3.05) is 19.7 Å². The number of ether oxygens (including phenoxy) is 1. The highest BCUT2D eigenvalue weighted by molar-refractivity contribution is 5.76. The number of piperidine rings is 1. The first-order valence-electron chi connectivity index (χ1n) is 8.74. The number of hydrogen-bond acceptors (Lipinski definition) is 3. The molecule has 1 aromatic carbocycles. The van der Waals surface area contributed by atoms with Crippen molar-refractivity contribution in [1.82, 2.24) is 10.6 Å². The van der Waals surface area contributed by atoms with Gasteiger partial charge in [0.05, 0.1) is 6.04 Å². The lowest BCUT2D eigenvalue weighted by molar-refractivity contribution is -0.123. The zero-order chi connectivity index (χ0) is 16.7. The summed E-state index contributed by atoms with van der Waals surface area (Å²) in [5, 5.41) is 6.43. The topological polar surface area (TPSA) is 50.4 Å². The Labute approximate surface area is 140 Å². The third-order valence-corrected chi connectivity index (χ3v) is 4.59. The molecule has 128 valence electrons. The molecule has 0 bridgehead atoms. The third kappa shape index (κ3) is 6.22. The van der Waals surface area contributed by atoms with Crippen LogP contribution in [0, 0.1) is 18.8 Å². The van der Waals surface area contributed by atoms with Crippen molar-refractivity contribution in [3.05, 3.63) is 29.8 Å². The highest BCUT2D eigenvalue weighted by atomic mass is 16.5. The normalized spacial score (nSPS) is 18.2. The molecule has 4 nitrogen and oxygen atoms in total. The maximum Gasteiger partial charge on any atom is 0.220 e. The first-order chi connectivity index (χ1) is 11.0. The number of amides is 1. The molecule has 4 heteroatoms. The summed E-state index contributed by atoms with van der Waals surface area (Å²) in [5.74, 6) is 2.10. The summed E-state index contributed by atoms with van der Waals surface area (Å²) in [4.78, 5) is 12.2. The Bertz CT molecular complexity index is 498. The smallest absolute Gasteiger partial charge is 0.220 e. The second-order valence-corrected chi connectivity index (χ2v) is 6.86. The van der Waals surface area contributed by atoms with Gasteiger partial charge in [0.15, 0.2) is 0 Å². The molecule has 1 aliphatic heterocycles. The Balaban J connectivity index is 1.69. The molecule has 2 atom stereocenters. The minimum absolute atomic E-state index is 0.0169. The monoisotopic (exact) mass is 318 g/mol. The minimum Gasteiger partial charge on any atom is -0.491 e. The third-order valence-electron chi connectivity index (χ3n) is 4.59. The van der Waals surface area contributed by atoms with Gasteiger partial charge in [-0.1, -0.05) is 19.1 Å². The van der Waals surface area contributed by atoms with Gasteiger partial charge < -0.3 is 15.4 Å². The molecular weight excluding hydrogens is 288 g/mol. The molecule has 2 rings (SSSR count). The van der Waals surface area contributed by atoms with Gasteiger partial charge in [0, 0.05) is 6.42 Å². The molecule has 1 amide bonds. The molecule has 2 unspecified atom stereocenters. The Morgan fingerprint density at radius 3 is 2.78 bits per heavy atom. The Morgan fingerprint density at radius 1 is 1.35 bits per heavy atom. The quantitative estimate of drug-likeness (QED) is 0.813. The van der Waals surface area contributed by atoms with E-state index in [0.29, 0.717) is 24.9 Å². The molecule has 23 heavy (non-hydrogen) atoms. The van der Waals surface area contributed by atoms with Crippen LogP contribution < -0.4 is 15.4 Å². The van der Waals surface area contributed by atoms with Crippen molar-refractivity contribution in [3.63, 3.8) is 0 Å². The zero-order valence-corrected chi connectivity index (χ0v) is 14.6. The van der Waals surface area contributed by atoms with Crippen LogP contribution in [0.5, 0.6) is 5.75 Å². The SMILES string of the molecule is Cc1cccc(OCC(C)NC(=O)CC(C)C2CCNCC2)c1. The van der Waals surface area contributed by atoms with Crippen LogP contribution in [0.4, 0.5) is 0 Å². The van der Waals surface area contributed by atoms with Crippen LogP contribution in [0.25, 0.3) is 0 Å². The van der Waals surface area contributed by atoms with Gasteiger partial charge in [-0.05, 0) is 69.3 Å². The lowest BCUT2D eigenvalue weighted by Crippen LogP contribution is -2.39. The van der Waals surface area contributed by atoms with Crippen molar-refractivity contribution >= 4 is 5.91 Å². The Morgan fingerprint density at radius 2 is 2.09 bits per heavy atom. The van der Waals surface area contributed by atoms with Gasteiger partial charge in [-0.15, -0.1) is 0 Å². The fourth-order valence-corrected chi connectivity index (χ4v) is 3.17. The van der Waals surface area contributed by atoms with Crippen LogP contribution in [0.2, 0.25) is 0 Å². The lowest BCUT2D eigenvalue weighted by atomic mass is 9.84. The largest absolute Gasteiger partial charge is 0.491 e. The fraction of sp³-hybridized carbons (Fsp3) is 0.632. The molecule has 0 aliphatic carbocycles. The van der Waals surface area contributed by atoms with Crippen molar-refractivity contribution in [2.45, 2.75) is 46.1 Å². The summed E-state index contributed by atoms with van der Waals surface area (Å²) < 4.78 is 5.75. The highest BCUT2D eigenvalue weighted by Crippen LogP contribution is 2.24. The number of aryl methyl sites for hydroxylation is 1. The maximum atomic E-state index is 12.2.